The molecule has 23 heavy (non-hydrogen) atoms. The van der Waals surface area contributed by atoms with E-state index in [2.05, 4.69) is 51.9 Å². The van der Waals surface area contributed by atoms with Crippen molar-refractivity contribution in [1.82, 2.24) is 5.32 Å². The number of rotatable bonds is 3. The van der Waals surface area contributed by atoms with Crippen LogP contribution < -0.4 is 15.5 Å². The maximum absolute atomic E-state index is 11.7. The predicted octanol–water partition coefficient (Wildman–Crippen LogP) is 3.78. The van der Waals surface area contributed by atoms with Crippen LogP contribution in [0.15, 0.2) is 48.5 Å². The Kier molecular flexibility index (Phi) is 4.51. The third-order valence-corrected chi connectivity index (χ3v) is 4.04. The summed E-state index contributed by atoms with van der Waals surface area (Å²) >= 11 is 0. The summed E-state index contributed by atoms with van der Waals surface area (Å²) in [4.78, 5) is 14.1. The predicted molar refractivity (Wildman–Crippen MR) is 94.9 cm³/mol. The molecule has 0 bridgehead atoms. The van der Waals surface area contributed by atoms with Gasteiger partial charge in [-0.25, -0.2) is 4.79 Å². The molecular weight excluding hydrogens is 286 g/mol. The Labute approximate surface area is 137 Å². The Balaban J connectivity index is 1.65. The summed E-state index contributed by atoms with van der Waals surface area (Å²) in [5, 5.41) is 5.67. The third-order valence-electron chi connectivity index (χ3n) is 4.04. The Hall–Kier alpha value is -2.49. The van der Waals surface area contributed by atoms with Gasteiger partial charge in [0.2, 0.25) is 0 Å². The van der Waals surface area contributed by atoms with Crippen molar-refractivity contribution >= 4 is 17.4 Å². The highest BCUT2D eigenvalue weighted by atomic mass is 16.2. The number of hydrogen-bond donors (Lipinski definition) is 2. The third kappa shape index (κ3) is 3.83. The highest BCUT2D eigenvalue weighted by molar-refractivity contribution is 5.89. The molecule has 0 saturated heterocycles. The molecule has 0 aliphatic carbocycles. The van der Waals surface area contributed by atoms with Crippen LogP contribution >= 0.6 is 0 Å². The van der Waals surface area contributed by atoms with Gasteiger partial charge in [-0.2, -0.15) is 0 Å². The Morgan fingerprint density at radius 3 is 2.43 bits per heavy atom. The van der Waals surface area contributed by atoms with Crippen LogP contribution in [-0.2, 0) is 13.0 Å². The number of hydrogen-bond acceptors (Lipinski definition) is 2. The molecular formula is C19H23N3O. The molecule has 4 heteroatoms. The van der Waals surface area contributed by atoms with Gasteiger partial charge in [-0.3, -0.25) is 0 Å². The summed E-state index contributed by atoms with van der Waals surface area (Å²) in [5.74, 6) is 0. The van der Waals surface area contributed by atoms with E-state index in [9.17, 15) is 4.79 Å². The molecule has 2 N–H and O–H groups in total. The number of carbonyl (C=O) groups excluding carboxylic acids is 1. The molecule has 0 radical (unpaired) electrons. The molecule has 1 heterocycles. The Bertz CT molecular complexity index is 679. The average Bonchev–Trinajstić information content (AvgIpc) is 2.54. The van der Waals surface area contributed by atoms with Crippen LogP contribution in [0.2, 0.25) is 0 Å². The normalized spacial score (nSPS) is 13.6. The fourth-order valence-electron chi connectivity index (χ4n) is 2.90. The summed E-state index contributed by atoms with van der Waals surface area (Å²) in [6.45, 7) is 5.85. The van der Waals surface area contributed by atoms with Crippen molar-refractivity contribution in [3.63, 3.8) is 0 Å². The molecule has 2 aromatic carbocycles. The molecule has 3 rings (SSSR count). The topological polar surface area (TPSA) is 44.4 Å². The van der Waals surface area contributed by atoms with Gasteiger partial charge in [0, 0.05) is 30.5 Å². The summed E-state index contributed by atoms with van der Waals surface area (Å²) < 4.78 is 0. The number of carbonyl (C=O) groups is 1. The highest BCUT2D eigenvalue weighted by Crippen LogP contribution is 2.25. The zero-order valence-corrected chi connectivity index (χ0v) is 13.7. The van der Waals surface area contributed by atoms with Crippen molar-refractivity contribution in [2.75, 3.05) is 16.8 Å². The van der Waals surface area contributed by atoms with E-state index >= 15 is 0 Å². The van der Waals surface area contributed by atoms with Gasteiger partial charge in [-0.15, -0.1) is 0 Å². The number of benzene rings is 2. The average molecular weight is 309 g/mol. The van der Waals surface area contributed by atoms with Gasteiger partial charge in [-0.05, 0) is 55.7 Å². The number of amides is 2. The minimum absolute atomic E-state index is 0.127. The lowest BCUT2D eigenvalue weighted by Gasteiger charge is -2.30. The first-order valence-corrected chi connectivity index (χ1v) is 8.11. The van der Waals surface area contributed by atoms with Crippen LogP contribution in [-0.4, -0.2) is 18.6 Å². The van der Waals surface area contributed by atoms with Crippen LogP contribution in [0.4, 0.5) is 16.2 Å². The zero-order chi connectivity index (χ0) is 16.2. The number of nitrogens with zero attached hydrogens (tertiary/aromatic N) is 1. The van der Waals surface area contributed by atoms with Crippen LogP contribution in [0.25, 0.3) is 0 Å². The summed E-state index contributed by atoms with van der Waals surface area (Å²) in [6.07, 6.45) is 1.08. The van der Waals surface area contributed by atoms with Crippen LogP contribution in [0.5, 0.6) is 0 Å². The number of urea groups is 1. The first-order chi connectivity index (χ1) is 11.1. The largest absolute Gasteiger partial charge is 0.367 e. The molecule has 0 spiro atoms. The van der Waals surface area contributed by atoms with Crippen LogP contribution in [0, 0.1) is 0 Å². The Morgan fingerprint density at radius 1 is 1.04 bits per heavy atom. The quantitative estimate of drug-likeness (QED) is 0.906. The van der Waals surface area contributed by atoms with Gasteiger partial charge in [0.05, 0.1) is 0 Å². The van der Waals surface area contributed by atoms with E-state index in [0.29, 0.717) is 0 Å². The van der Waals surface area contributed by atoms with Gasteiger partial charge in [0.1, 0.15) is 0 Å². The van der Waals surface area contributed by atoms with Crippen molar-refractivity contribution in [3.05, 3.63) is 59.7 Å². The molecule has 2 aromatic rings. The Morgan fingerprint density at radius 2 is 1.74 bits per heavy atom. The standard InChI is InChI=1S/C19H23N3O/c1-14(2)20-19(23)21-17-7-9-18(10-8-17)22-12-11-15-5-3-4-6-16(15)13-22/h3-10,14H,11-13H2,1-2H3,(H2,20,21,23). The summed E-state index contributed by atoms with van der Waals surface area (Å²) in [6, 6.07) is 16.6. The van der Waals surface area contributed by atoms with E-state index in [0.717, 1.165) is 25.2 Å². The minimum atomic E-state index is -0.167. The molecule has 0 saturated carbocycles. The van der Waals surface area contributed by atoms with Gasteiger partial charge in [-0.1, -0.05) is 24.3 Å². The van der Waals surface area contributed by atoms with Crippen molar-refractivity contribution in [2.45, 2.75) is 32.9 Å². The van der Waals surface area contributed by atoms with Crippen LogP contribution in [0.1, 0.15) is 25.0 Å². The van der Waals surface area contributed by atoms with E-state index in [-0.39, 0.29) is 12.1 Å². The molecule has 1 aliphatic heterocycles. The van der Waals surface area contributed by atoms with Crippen LogP contribution in [0.3, 0.4) is 0 Å². The SMILES string of the molecule is CC(C)NC(=O)Nc1ccc(N2CCc3ccccc3C2)cc1. The first-order valence-electron chi connectivity index (χ1n) is 8.11. The lowest BCUT2D eigenvalue weighted by atomic mass is 9.99. The van der Waals surface area contributed by atoms with Gasteiger partial charge in [0.15, 0.2) is 0 Å². The molecule has 1 aliphatic rings. The lowest BCUT2D eigenvalue weighted by molar-refractivity contribution is 0.250. The van der Waals surface area contributed by atoms with E-state index in [1.807, 2.05) is 26.0 Å². The van der Waals surface area contributed by atoms with E-state index in [1.54, 1.807) is 0 Å². The summed E-state index contributed by atoms with van der Waals surface area (Å²) in [5.41, 5.74) is 4.85. The highest BCUT2D eigenvalue weighted by Gasteiger charge is 2.16. The second-order valence-corrected chi connectivity index (χ2v) is 6.24. The molecule has 0 unspecified atom stereocenters. The van der Waals surface area contributed by atoms with Gasteiger partial charge < -0.3 is 15.5 Å². The fraction of sp³-hybridized carbons (Fsp3) is 0.316. The van der Waals surface area contributed by atoms with Crippen molar-refractivity contribution < 1.29 is 4.79 Å². The number of nitrogens with one attached hydrogen (secondary N) is 2. The molecule has 0 aromatic heterocycles. The van der Waals surface area contributed by atoms with E-state index in [1.165, 1.54) is 16.8 Å². The molecule has 4 nitrogen and oxygen atoms in total. The van der Waals surface area contributed by atoms with Gasteiger partial charge >= 0.3 is 6.03 Å². The van der Waals surface area contributed by atoms with Crippen molar-refractivity contribution in [3.8, 4) is 0 Å². The second-order valence-electron chi connectivity index (χ2n) is 6.24. The van der Waals surface area contributed by atoms with E-state index < -0.39 is 0 Å². The molecule has 0 fully saturated rings. The smallest absolute Gasteiger partial charge is 0.319 e. The van der Waals surface area contributed by atoms with Crippen molar-refractivity contribution in [2.24, 2.45) is 0 Å². The monoisotopic (exact) mass is 309 g/mol. The maximum Gasteiger partial charge on any atom is 0.319 e. The van der Waals surface area contributed by atoms with E-state index in [4.69, 9.17) is 0 Å². The van der Waals surface area contributed by atoms with Gasteiger partial charge in [0.25, 0.3) is 0 Å². The fourth-order valence-corrected chi connectivity index (χ4v) is 2.90. The van der Waals surface area contributed by atoms with Crippen molar-refractivity contribution in [1.29, 1.82) is 0 Å². The minimum Gasteiger partial charge on any atom is -0.367 e. The lowest BCUT2D eigenvalue weighted by Crippen LogP contribution is -2.34. The molecule has 120 valence electrons. The first kappa shape index (κ1) is 15.4. The number of fused-ring (bicyclic) bond motifs is 1. The molecule has 2 amide bonds. The summed E-state index contributed by atoms with van der Waals surface area (Å²) in [7, 11) is 0. The maximum atomic E-state index is 11.7. The second kappa shape index (κ2) is 6.73. The molecule has 0 atom stereocenters. The number of anilines is 2. The zero-order valence-electron chi connectivity index (χ0n) is 13.7.